The molecular formula is C19H24N2O2. The molecule has 0 atom stereocenters. The molecule has 0 aliphatic rings. The second kappa shape index (κ2) is 7.68. The fourth-order valence-electron chi connectivity index (χ4n) is 2.47. The van der Waals surface area contributed by atoms with Crippen LogP contribution in [-0.2, 0) is 0 Å². The van der Waals surface area contributed by atoms with Crippen LogP contribution in [0.2, 0.25) is 0 Å². The van der Waals surface area contributed by atoms with E-state index >= 15 is 0 Å². The Hall–Kier alpha value is -2.49. The van der Waals surface area contributed by atoms with Gasteiger partial charge in [-0.2, -0.15) is 0 Å². The van der Waals surface area contributed by atoms with E-state index in [9.17, 15) is 4.79 Å². The van der Waals surface area contributed by atoms with Gasteiger partial charge in [0.15, 0.2) is 0 Å². The number of hydrogen-bond donors (Lipinski definition) is 1. The van der Waals surface area contributed by atoms with Gasteiger partial charge in [-0.05, 0) is 49.7 Å². The van der Waals surface area contributed by atoms with Gasteiger partial charge in [0.1, 0.15) is 5.75 Å². The van der Waals surface area contributed by atoms with Gasteiger partial charge in [-0.3, -0.25) is 4.79 Å². The predicted molar refractivity (Wildman–Crippen MR) is 94.5 cm³/mol. The Morgan fingerprint density at radius 1 is 1.13 bits per heavy atom. The summed E-state index contributed by atoms with van der Waals surface area (Å²) in [5, 5.41) is 2.98. The van der Waals surface area contributed by atoms with Crippen LogP contribution in [0.4, 0.5) is 5.69 Å². The van der Waals surface area contributed by atoms with Crippen molar-refractivity contribution in [2.75, 3.05) is 32.1 Å². The highest BCUT2D eigenvalue weighted by molar-refractivity contribution is 5.95. The van der Waals surface area contributed by atoms with E-state index in [1.807, 2.05) is 63.4 Å². The van der Waals surface area contributed by atoms with E-state index in [0.29, 0.717) is 6.54 Å². The molecule has 2 aromatic rings. The van der Waals surface area contributed by atoms with Crippen molar-refractivity contribution in [3.05, 3.63) is 59.2 Å². The van der Waals surface area contributed by atoms with Gasteiger partial charge >= 0.3 is 0 Å². The number of nitrogens with one attached hydrogen (secondary N) is 1. The Labute approximate surface area is 138 Å². The van der Waals surface area contributed by atoms with Gasteiger partial charge in [0.05, 0.1) is 7.11 Å². The van der Waals surface area contributed by atoms with E-state index in [-0.39, 0.29) is 5.91 Å². The average molecular weight is 312 g/mol. The van der Waals surface area contributed by atoms with E-state index in [1.165, 1.54) is 5.56 Å². The maximum absolute atomic E-state index is 12.2. The summed E-state index contributed by atoms with van der Waals surface area (Å²) in [6.07, 6.45) is 0. The van der Waals surface area contributed by atoms with Crippen LogP contribution in [0.25, 0.3) is 0 Å². The van der Waals surface area contributed by atoms with Gasteiger partial charge < -0.3 is 15.0 Å². The topological polar surface area (TPSA) is 41.6 Å². The van der Waals surface area contributed by atoms with E-state index in [1.54, 1.807) is 7.11 Å². The second-order valence-corrected chi connectivity index (χ2v) is 5.69. The lowest BCUT2D eigenvalue weighted by atomic mass is 10.1. The minimum Gasteiger partial charge on any atom is -0.497 e. The van der Waals surface area contributed by atoms with Gasteiger partial charge in [0.2, 0.25) is 0 Å². The molecule has 0 spiro atoms. The minimum atomic E-state index is -0.0226. The molecule has 0 saturated heterocycles. The summed E-state index contributed by atoms with van der Waals surface area (Å²) in [5.41, 5.74) is 4.00. The molecule has 4 nitrogen and oxygen atoms in total. The molecule has 2 aromatic carbocycles. The van der Waals surface area contributed by atoms with Crippen LogP contribution >= 0.6 is 0 Å². The van der Waals surface area contributed by atoms with Gasteiger partial charge in [-0.1, -0.05) is 17.7 Å². The molecule has 0 unspecified atom stereocenters. The number of benzene rings is 2. The van der Waals surface area contributed by atoms with E-state index in [0.717, 1.165) is 29.1 Å². The summed E-state index contributed by atoms with van der Waals surface area (Å²) in [6, 6.07) is 13.7. The fraction of sp³-hybridized carbons (Fsp3) is 0.316. The molecule has 2 rings (SSSR count). The Morgan fingerprint density at radius 2 is 1.83 bits per heavy atom. The standard InChI is InChI=1S/C19H24N2O2/c1-14-5-10-18(15(2)13-14)19(22)20-11-12-21(3)16-6-8-17(23-4)9-7-16/h5-10,13H,11-12H2,1-4H3,(H,20,22). The molecule has 0 bridgehead atoms. The minimum absolute atomic E-state index is 0.0226. The van der Waals surface area contributed by atoms with Crippen LogP contribution in [-0.4, -0.2) is 33.2 Å². The zero-order valence-electron chi connectivity index (χ0n) is 14.2. The van der Waals surface area contributed by atoms with E-state index in [2.05, 4.69) is 10.2 Å². The van der Waals surface area contributed by atoms with Crippen molar-refractivity contribution in [3.8, 4) is 5.75 Å². The van der Waals surface area contributed by atoms with Gasteiger partial charge in [0.25, 0.3) is 5.91 Å². The SMILES string of the molecule is COc1ccc(N(C)CCNC(=O)c2ccc(C)cc2C)cc1. The number of likely N-dealkylation sites (N-methyl/N-ethyl adjacent to an activating group) is 1. The lowest BCUT2D eigenvalue weighted by Gasteiger charge is -2.20. The van der Waals surface area contributed by atoms with Crippen LogP contribution in [0, 0.1) is 13.8 Å². The van der Waals surface area contributed by atoms with Crippen LogP contribution in [0.15, 0.2) is 42.5 Å². The third kappa shape index (κ3) is 4.49. The molecule has 0 aromatic heterocycles. The number of nitrogens with zero attached hydrogens (tertiary/aromatic N) is 1. The molecule has 1 N–H and O–H groups in total. The first kappa shape index (κ1) is 16.9. The highest BCUT2D eigenvalue weighted by Gasteiger charge is 2.09. The molecule has 1 amide bonds. The zero-order valence-corrected chi connectivity index (χ0v) is 14.2. The number of rotatable bonds is 6. The number of carbonyl (C=O) groups excluding carboxylic acids is 1. The average Bonchev–Trinajstić information content (AvgIpc) is 2.54. The molecule has 4 heteroatoms. The highest BCUT2D eigenvalue weighted by atomic mass is 16.5. The molecule has 0 aliphatic heterocycles. The largest absolute Gasteiger partial charge is 0.497 e. The lowest BCUT2D eigenvalue weighted by Crippen LogP contribution is -2.33. The molecule has 0 radical (unpaired) electrons. The summed E-state index contributed by atoms with van der Waals surface area (Å²) < 4.78 is 5.15. The summed E-state index contributed by atoms with van der Waals surface area (Å²) in [5.74, 6) is 0.816. The fourth-order valence-corrected chi connectivity index (χ4v) is 2.47. The van der Waals surface area contributed by atoms with E-state index < -0.39 is 0 Å². The predicted octanol–water partition coefficient (Wildman–Crippen LogP) is 3.18. The molecule has 0 aliphatic carbocycles. The Balaban J connectivity index is 1.87. The first-order valence-corrected chi connectivity index (χ1v) is 7.72. The van der Waals surface area contributed by atoms with Crippen LogP contribution in [0.3, 0.4) is 0 Å². The van der Waals surface area contributed by atoms with E-state index in [4.69, 9.17) is 4.74 Å². The summed E-state index contributed by atoms with van der Waals surface area (Å²) in [6.45, 7) is 5.32. The first-order chi connectivity index (χ1) is 11.0. The van der Waals surface area contributed by atoms with Crippen LogP contribution in [0.5, 0.6) is 5.75 Å². The maximum atomic E-state index is 12.2. The number of aryl methyl sites for hydroxylation is 2. The molecule has 0 saturated carbocycles. The first-order valence-electron chi connectivity index (χ1n) is 7.72. The van der Waals surface area contributed by atoms with Crippen molar-refractivity contribution in [1.29, 1.82) is 0 Å². The van der Waals surface area contributed by atoms with Crippen molar-refractivity contribution >= 4 is 11.6 Å². The summed E-state index contributed by atoms with van der Waals surface area (Å²) in [7, 11) is 3.66. The van der Waals surface area contributed by atoms with Gasteiger partial charge in [-0.15, -0.1) is 0 Å². The normalized spacial score (nSPS) is 10.3. The quantitative estimate of drug-likeness (QED) is 0.891. The van der Waals surface area contributed by atoms with Crippen molar-refractivity contribution < 1.29 is 9.53 Å². The zero-order chi connectivity index (χ0) is 16.8. The molecule has 0 heterocycles. The smallest absolute Gasteiger partial charge is 0.251 e. The third-order valence-electron chi connectivity index (χ3n) is 3.87. The number of ether oxygens (including phenoxy) is 1. The van der Waals surface area contributed by atoms with Crippen molar-refractivity contribution in [2.24, 2.45) is 0 Å². The monoisotopic (exact) mass is 312 g/mol. The van der Waals surface area contributed by atoms with Gasteiger partial charge in [-0.25, -0.2) is 0 Å². The molecule has 0 fully saturated rings. The van der Waals surface area contributed by atoms with Gasteiger partial charge in [0, 0.05) is 31.4 Å². The Bertz CT molecular complexity index is 666. The Morgan fingerprint density at radius 3 is 2.43 bits per heavy atom. The molecule has 122 valence electrons. The molecular weight excluding hydrogens is 288 g/mol. The van der Waals surface area contributed by atoms with Crippen LogP contribution in [0.1, 0.15) is 21.5 Å². The number of anilines is 1. The van der Waals surface area contributed by atoms with Crippen molar-refractivity contribution in [3.63, 3.8) is 0 Å². The van der Waals surface area contributed by atoms with Crippen molar-refractivity contribution in [1.82, 2.24) is 5.32 Å². The maximum Gasteiger partial charge on any atom is 0.251 e. The molecule has 23 heavy (non-hydrogen) atoms. The number of hydrogen-bond acceptors (Lipinski definition) is 3. The number of methoxy groups -OCH3 is 1. The Kier molecular flexibility index (Phi) is 5.63. The summed E-state index contributed by atoms with van der Waals surface area (Å²) in [4.78, 5) is 14.3. The number of amides is 1. The lowest BCUT2D eigenvalue weighted by molar-refractivity contribution is 0.0954. The summed E-state index contributed by atoms with van der Waals surface area (Å²) >= 11 is 0. The third-order valence-corrected chi connectivity index (χ3v) is 3.87. The number of carbonyl (C=O) groups is 1. The van der Waals surface area contributed by atoms with Crippen LogP contribution < -0.4 is 15.0 Å². The second-order valence-electron chi connectivity index (χ2n) is 5.69. The van der Waals surface area contributed by atoms with Crippen molar-refractivity contribution in [2.45, 2.75) is 13.8 Å². The highest BCUT2D eigenvalue weighted by Crippen LogP contribution is 2.17.